The number of hydrogen-bond donors (Lipinski definition) is 3. The molecule has 0 aliphatic heterocycles. The van der Waals surface area contributed by atoms with E-state index in [2.05, 4.69) is 15.6 Å². The fraction of sp³-hybridized carbons (Fsp3) is 0.267. The van der Waals surface area contributed by atoms with Crippen molar-refractivity contribution < 1.29 is 40.7 Å². The van der Waals surface area contributed by atoms with Crippen molar-refractivity contribution in [3.63, 3.8) is 0 Å². The molecule has 0 saturated carbocycles. The second-order valence-electron chi connectivity index (χ2n) is 10.1. The minimum Gasteiger partial charge on any atom is -0.445 e. The number of carbonyl (C=O) groups is 2. The number of H-pyrrole nitrogens is 1. The number of aromatic amines is 1. The van der Waals surface area contributed by atoms with Crippen molar-refractivity contribution in [3.8, 4) is 0 Å². The monoisotopic (exact) mass is 591 g/mol. The van der Waals surface area contributed by atoms with Gasteiger partial charge in [-0.05, 0) is 54.8 Å². The van der Waals surface area contributed by atoms with E-state index in [1.165, 1.54) is 13.8 Å². The highest BCUT2D eigenvalue weighted by Gasteiger charge is 2.40. The lowest BCUT2D eigenvalue weighted by Gasteiger charge is -2.31. The van der Waals surface area contributed by atoms with Crippen molar-refractivity contribution in [3.05, 3.63) is 107 Å². The van der Waals surface area contributed by atoms with Crippen LogP contribution in [0, 0.1) is 0 Å². The van der Waals surface area contributed by atoms with Crippen LogP contribution in [-0.2, 0) is 34.9 Å². The minimum atomic E-state index is -5.05. The first-order valence-corrected chi connectivity index (χ1v) is 12.8. The number of para-hydroxylation sites is 1. The number of alkyl halides is 6. The van der Waals surface area contributed by atoms with Crippen molar-refractivity contribution >= 4 is 22.9 Å². The Kier molecular flexibility index (Phi) is 8.55. The maximum absolute atomic E-state index is 13.6. The largest absolute Gasteiger partial charge is 0.445 e. The van der Waals surface area contributed by atoms with Crippen LogP contribution in [0.15, 0.2) is 79.0 Å². The molecule has 6 nitrogen and oxygen atoms in total. The zero-order valence-electron chi connectivity index (χ0n) is 22.5. The summed E-state index contributed by atoms with van der Waals surface area (Å²) in [6, 6.07) is 15.8. The van der Waals surface area contributed by atoms with E-state index in [-0.39, 0.29) is 19.1 Å². The van der Waals surface area contributed by atoms with Crippen LogP contribution in [0.4, 0.5) is 31.1 Å². The molecule has 222 valence electrons. The lowest BCUT2D eigenvalue weighted by molar-refractivity contribution is -0.143. The van der Waals surface area contributed by atoms with Gasteiger partial charge in [0.25, 0.3) is 0 Å². The summed E-state index contributed by atoms with van der Waals surface area (Å²) >= 11 is 0. The van der Waals surface area contributed by atoms with Gasteiger partial charge in [-0.3, -0.25) is 4.79 Å². The molecular weight excluding hydrogens is 564 g/mol. The van der Waals surface area contributed by atoms with Crippen LogP contribution in [-0.4, -0.2) is 22.5 Å². The standard InChI is InChI=1S/C30H27F6N3O3/c1-18(20-12-22(29(31,32)33)14-23(13-20)30(34,35)36)38-26(40)28(2,15-21-16-37-25-11-7-6-10-24(21)25)39-27(41)42-17-19-8-4-3-5-9-19/h3-14,16,18,37H,15,17H2,1-2H3,(H,38,40)(H,39,41)/t18?,28-/m1/s1. The number of benzene rings is 3. The third kappa shape index (κ3) is 7.23. The van der Waals surface area contributed by atoms with E-state index in [9.17, 15) is 35.9 Å². The topological polar surface area (TPSA) is 83.2 Å². The number of nitrogens with one attached hydrogen (secondary N) is 3. The fourth-order valence-electron chi connectivity index (χ4n) is 4.49. The van der Waals surface area contributed by atoms with Crippen molar-refractivity contribution in [2.24, 2.45) is 0 Å². The van der Waals surface area contributed by atoms with E-state index in [1.54, 1.807) is 54.7 Å². The van der Waals surface area contributed by atoms with Crippen molar-refractivity contribution in [1.29, 1.82) is 0 Å². The number of amides is 2. The van der Waals surface area contributed by atoms with Gasteiger partial charge in [-0.1, -0.05) is 48.5 Å². The van der Waals surface area contributed by atoms with E-state index in [0.717, 1.165) is 10.9 Å². The molecule has 2 amide bonds. The van der Waals surface area contributed by atoms with Crippen LogP contribution < -0.4 is 10.6 Å². The summed E-state index contributed by atoms with van der Waals surface area (Å²) in [5.74, 6) is -0.845. The SMILES string of the molecule is CC(NC(=O)[C@@](C)(Cc1c[nH]c2ccccc12)NC(=O)OCc1ccccc1)c1cc(C(F)(F)F)cc(C(F)(F)F)c1. The van der Waals surface area contributed by atoms with E-state index < -0.39 is 52.6 Å². The molecule has 0 spiro atoms. The van der Waals surface area contributed by atoms with Gasteiger partial charge < -0.3 is 20.4 Å². The molecule has 0 saturated heterocycles. The molecule has 3 aromatic carbocycles. The Bertz CT molecular complexity index is 1530. The predicted octanol–water partition coefficient (Wildman–Crippen LogP) is 7.31. The van der Waals surface area contributed by atoms with Gasteiger partial charge in [-0.2, -0.15) is 26.3 Å². The number of rotatable bonds is 8. The number of aromatic nitrogens is 1. The van der Waals surface area contributed by atoms with Gasteiger partial charge in [0.1, 0.15) is 12.1 Å². The van der Waals surface area contributed by atoms with Crippen LogP contribution >= 0.6 is 0 Å². The van der Waals surface area contributed by atoms with E-state index in [1.807, 2.05) is 6.07 Å². The molecule has 3 N–H and O–H groups in total. The van der Waals surface area contributed by atoms with E-state index >= 15 is 0 Å². The predicted molar refractivity (Wildman–Crippen MR) is 143 cm³/mol. The Labute approximate surface area is 237 Å². The van der Waals surface area contributed by atoms with Crippen molar-refractivity contribution in [2.75, 3.05) is 0 Å². The van der Waals surface area contributed by atoms with Crippen LogP contribution in [0.2, 0.25) is 0 Å². The van der Waals surface area contributed by atoms with Gasteiger partial charge in [0.15, 0.2) is 0 Å². The normalized spacial score (nSPS) is 14.2. The van der Waals surface area contributed by atoms with Gasteiger partial charge in [0, 0.05) is 23.5 Å². The van der Waals surface area contributed by atoms with Crippen molar-refractivity contribution in [1.82, 2.24) is 15.6 Å². The number of fused-ring (bicyclic) bond motifs is 1. The Morgan fingerprint density at radius 3 is 2.10 bits per heavy atom. The Balaban J connectivity index is 1.62. The lowest BCUT2D eigenvalue weighted by atomic mass is 9.90. The van der Waals surface area contributed by atoms with Crippen molar-refractivity contribution in [2.45, 2.75) is 50.8 Å². The van der Waals surface area contributed by atoms with Crippen LogP contribution in [0.3, 0.4) is 0 Å². The quantitative estimate of drug-likeness (QED) is 0.188. The zero-order valence-corrected chi connectivity index (χ0v) is 22.5. The molecule has 0 radical (unpaired) electrons. The van der Waals surface area contributed by atoms with Gasteiger partial charge in [-0.15, -0.1) is 0 Å². The summed E-state index contributed by atoms with van der Waals surface area (Å²) < 4.78 is 85.8. The first-order valence-electron chi connectivity index (χ1n) is 12.8. The fourth-order valence-corrected chi connectivity index (χ4v) is 4.49. The second kappa shape index (κ2) is 11.8. The summed E-state index contributed by atoms with van der Waals surface area (Å²) in [5.41, 5.74) is -3.05. The molecule has 4 rings (SSSR count). The number of ether oxygens (including phenoxy) is 1. The number of alkyl carbamates (subject to hydrolysis) is 1. The summed E-state index contributed by atoms with van der Waals surface area (Å²) in [6.45, 7) is 2.56. The Morgan fingerprint density at radius 1 is 0.881 bits per heavy atom. The summed E-state index contributed by atoms with van der Waals surface area (Å²) in [5, 5.41) is 5.79. The zero-order chi connectivity index (χ0) is 30.7. The van der Waals surface area contributed by atoms with E-state index in [0.29, 0.717) is 23.3 Å². The van der Waals surface area contributed by atoms with Gasteiger partial charge in [0.2, 0.25) is 5.91 Å². The summed E-state index contributed by atoms with van der Waals surface area (Å²) in [6.07, 6.45) is -9.46. The molecule has 0 aliphatic rings. The van der Waals surface area contributed by atoms with Crippen LogP contribution in [0.5, 0.6) is 0 Å². The Hall–Kier alpha value is -4.48. The van der Waals surface area contributed by atoms with Gasteiger partial charge >= 0.3 is 18.4 Å². The molecule has 0 fully saturated rings. The number of halogens is 6. The smallest absolute Gasteiger partial charge is 0.416 e. The van der Waals surface area contributed by atoms with Crippen LogP contribution in [0.25, 0.3) is 10.9 Å². The molecule has 4 aromatic rings. The third-order valence-electron chi connectivity index (χ3n) is 6.77. The summed E-state index contributed by atoms with van der Waals surface area (Å²) in [7, 11) is 0. The lowest BCUT2D eigenvalue weighted by Crippen LogP contribution is -2.58. The molecule has 1 heterocycles. The van der Waals surface area contributed by atoms with Crippen LogP contribution in [0.1, 0.15) is 47.7 Å². The molecule has 1 unspecified atom stereocenters. The van der Waals surface area contributed by atoms with Gasteiger partial charge in [-0.25, -0.2) is 4.79 Å². The number of hydrogen-bond acceptors (Lipinski definition) is 3. The molecule has 12 heteroatoms. The average Bonchev–Trinajstić information content (AvgIpc) is 3.33. The highest BCUT2D eigenvalue weighted by atomic mass is 19.4. The first-order chi connectivity index (χ1) is 19.7. The minimum absolute atomic E-state index is 0.0173. The highest BCUT2D eigenvalue weighted by molar-refractivity contribution is 5.91. The second-order valence-corrected chi connectivity index (χ2v) is 10.1. The molecule has 2 atom stereocenters. The Morgan fingerprint density at radius 2 is 1.48 bits per heavy atom. The third-order valence-corrected chi connectivity index (χ3v) is 6.77. The average molecular weight is 592 g/mol. The molecule has 42 heavy (non-hydrogen) atoms. The molecule has 0 bridgehead atoms. The number of carbonyl (C=O) groups excluding carboxylic acids is 2. The molecular formula is C30H27F6N3O3. The van der Waals surface area contributed by atoms with E-state index in [4.69, 9.17) is 4.74 Å². The summed E-state index contributed by atoms with van der Waals surface area (Å²) in [4.78, 5) is 29.5. The molecule has 1 aromatic heterocycles. The molecule has 0 aliphatic carbocycles. The first kappa shape index (κ1) is 30.5. The van der Waals surface area contributed by atoms with Gasteiger partial charge in [0.05, 0.1) is 17.2 Å². The highest BCUT2D eigenvalue weighted by Crippen LogP contribution is 2.37. The maximum Gasteiger partial charge on any atom is 0.416 e. The maximum atomic E-state index is 13.6.